The van der Waals surface area contributed by atoms with Crippen LogP contribution in [0.25, 0.3) is 0 Å². The zero-order chi connectivity index (χ0) is 23.5. The van der Waals surface area contributed by atoms with Gasteiger partial charge >= 0.3 is 5.97 Å². The predicted octanol–water partition coefficient (Wildman–Crippen LogP) is 5.42. The topological polar surface area (TPSA) is 94.8 Å². The van der Waals surface area contributed by atoms with Crippen LogP contribution in [0.4, 0.5) is 0 Å². The molecule has 2 rings (SSSR count). The normalized spacial score (nSPS) is 13.2. The Bertz CT molecular complexity index is 923. The molecule has 0 spiro atoms. The number of phenols is 1. The van der Waals surface area contributed by atoms with Gasteiger partial charge in [0.25, 0.3) is 0 Å². The first-order valence-electron chi connectivity index (χ1n) is 11.0. The number of thioether (sulfide) groups is 1. The average molecular weight is 457 g/mol. The van der Waals surface area contributed by atoms with Gasteiger partial charge in [-0.15, -0.1) is 11.8 Å². The standard InChI is InChI=1S/C26H32O5S/c1-3-9-21-23(17-16-20(18(2)27)26(21)31)32-24(22(28)13-8-15-25(29)30)14-7-12-19-10-5-4-6-11-19/h4-7,10-11,14,16-17,22,24,28,31H,3,8-9,12-13,15H2,1-2H3,(H,29,30)/b14-7-/t22-,24+/m1/s1. The average Bonchev–Trinajstić information content (AvgIpc) is 2.75. The van der Waals surface area contributed by atoms with Gasteiger partial charge in [-0.1, -0.05) is 55.8 Å². The summed E-state index contributed by atoms with van der Waals surface area (Å²) in [5, 5.41) is 30.1. The minimum Gasteiger partial charge on any atom is -0.507 e. The van der Waals surface area contributed by atoms with Crippen molar-refractivity contribution in [2.24, 2.45) is 0 Å². The van der Waals surface area contributed by atoms with E-state index in [-0.39, 0.29) is 23.2 Å². The Hall–Kier alpha value is -2.57. The summed E-state index contributed by atoms with van der Waals surface area (Å²) in [6.45, 7) is 3.44. The van der Waals surface area contributed by atoms with Crippen LogP contribution in [0, 0.1) is 0 Å². The van der Waals surface area contributed by atoms with E-state index < -0.39 is 12.1 Å². The van der Waals surface area contributed by atoms with Crippen LogP contribution in [0.15, 0.2) is 59.5 Å². The molecule has 172 valence electrons. The van der Waals surface area contributed by atoms with Crippen molar-refractivity contribution in [3.05, 3.63) is 71.3 Å². The fraction of sp³-hybridized carbons (Fsp3) is 0.385. The fourth-order valence-electron chi connectivity index (χ4n) is 3.48. The second-order valence-corrected chi connectivity index (χ2v) is 9.02. The van der Waals surface area contributed by atoms with Crippen molar-refractivity contribution in [3.8, 4) is 5.75 Å². The lowest BCUT2D eigenvalue weighted by atomic mass is 10.0. The van der Waals surface area contributed by atoms with Gasteiger partial charge in [-0.05, 0) is 50.3 Å². The second kappa shape index (κ2) is 13.1. The number of aliphatic hydroxyl groups excluding tert-OH is 1. The molecule has 0 heterocycles. The number of aliphatic hydroxyl groups is 1. The summed E-state index contributed by atoms with van der Waals surface area (Å²) >= 11 is 1.44. The van der Waals surface area contributed by atoms with E-state index in [0.717, 1.165) is 23.3 Å². The Balaban J connectivity index is 2.27. The minimum absolute atomic E-state index is 0.0109. The van der Waals surface area contributed by atoms with Crippen molar-refractivity contribution >= 4 is 23.5 Å². The third-order valence-electron chi connectivity index (χ3n) is 5.17. The number of benzene rings is 2. The smallest absolute Gasteiger partial charge is 0.303 e. The van der Waals surface area contributed by atoms with E-state index in [1.165, 1.54) is 18.7 Å². The number of carbonyl (C=O) groups is 2. The van der Waals surface area contributed by atoms with Crippen molar-refractivity contribution in [3.63, 3.8) is 0 Å². The van der Waals surface area contributed by atoms with Crippen LogP contribution in [0.2, 0.25) is 0 Å². The third-order valence-corrected chi connectivity index (χ3v) is 6.55. The zero-order valence-corrected chi connectivity index (χ0v) is 19.5. The van der Waals surface area contributed by atoms with Gasteiger partial charge in [-0.3, -0.25) is 9.59 Å². The Morgan fingerprint density at radius 1 is 1.12 bits per heavy atom. The fourth-order valence-corrected chi connectivity index (χ4v) is 4.74. The van der Waals surface area contributed by atoms with E-state index in [2.05, 4.69) is 0 Å². The van der Waals surface area contributed by atoms with E-state index in [9.17, 15) is 19.8 Å². The van der Waals surface area contributed by atoms with E-state index in [1.54, 1.807) is 6.07 Å². The Labute approximate surface area is 194 Å². The van der Waals surface area contributed by atoms with Crippen LogP contribution in [-0.2, 0) is 17.6 Å². The summed E-state index contributed by atoms with van der Waals surface area (Å²) in [7, 11) is 0. The maximum atomic E-state index is 11.8. The first-order chi connectivity index (χ1) is 15.3. The van der Waals surface area contributed by atoms with Gasteiger partial charge in [0.05, 0.1) is 16.9 Å². The van der Waals surface area contributed by atoms with Gasteiger partial charge in [0.1, 0.15) is 5.75 Å². The molecule has 0 radical (unpaired) electrons. The van der Waals surface area contributed by atoms with Crippen LogP contribution < -0.4 is 0 Å². The highest BCUT2D eigenvalue weighted by Crippen LogP contribution is 2.37. The number of hydrogen-bond donors (Lipinski definition) is 3. The highest BCUT2D eigenvalue weighted by Gasteiger charge is 2.22. The molecule has 2 atom stereocenters. The molecule has 0 aliphatic carbocycles. The lowest BCUT2D eigenvalue weighted by molar-refractivity contribution is -0.137. The number of aliphatic carboxylic acids is 1. The molecule has 0 amide bonds. The van der Waals surface area contributed by atoms with Crippen molar-refractivity contribution in [2.45, 2.75) is 68.6 Å². The van der Waals surface area contributed by atoms with Crippen LogP contribution in [0.1, 0.15) is 61.0 Å². The van der Waals surface area contributed by atoms with Crippen molar-refractivity contribution in [2.75, 3.05) is 0 Å². The summed E-state index contributed by atoms with van der Waals surface area (Å²) < 4.78 is 0. The molecule has 0 aromatic heterocycles. The number of aromatic hydroxyl groups is 1. The van der Waals surface area contributed by atoms with E-state index in [0.29, 0.717) is 30.4 Å². The van der Waals surface area contributed by atoms with Gasteiger partial charge in [0.15, 0.2) is 5.78 Å². The van der Waals surface area contributed by atoms with Crippen LogP contribution in [0.3, 0.4) is 0 Å². The summed E-state index contributed by atoms with van der Waals surface area (Å²) in [4.78, 5) is 23.5. The molecule has 0 bridgehead atoms. The van der Waals surface area contributed by atoms with Gasteiger partial charge in [0, 0.05) is 16.9 Å². The quantitative estimate of drug-likeness (QED) is 0.212. The van der Waals surface area contributed by atoms with Crippen LogP contribution in [-0.4, -0.2) is 38.4 Å². The Kier molecular flexibility index (Phi) is 10.5. The molecule has 2 aromatic carbocycles. The van der Waals surface area contributed by atoms with Crippen molar-refractivity contribution in [1.29, 1.82) is 0 Å². The molecule has 2 aromatic rings. The van der Waals surface area contributed by atoms with Gasteiger partial charge in [0.2, 0.25) is 0 Å². The molecule has 5 nitrogen and oxygen atoms in total. The number of phenolic OH excluding ortho intramolecular Hbond substituents is 1. The van der Waals surface area contributed by atoms with E-state index in [4.69, 9.17) is 5.11 Å². The number of hydrogen-bond acceptors (Lipinski definition) is 5. The number of rotatable bonds is 13. The molecule has 3 N–H and O–H groups in total. The van der Waals surface area contributed by atoms with Crippen molar-refractivity contribution in [1.82, 2.24) is 0 Å². The second-order valence-electron chi connectivity index (χ2n) is 7.80. The molecule has 0 aliphatic rings. The number of ketones is 1. The Morgan fingerprint density at radius 3 is 2.47 bits per heavy atom. The monoisotopic (exact) mass is 456 g/mol. The maximum absolute atomic E-state index is 11.8. The van der Waals surface area contributed by atoms with E-state index in [1.807, 2.05) is 55.5 Å². The molecule has 0 saturated heterocycles. The van der Waals surface area contributed by atoms with Crippen LogP contribution >= 0.6 is 11.8 Å². The number of allylic oxidation sites excluding steroid dienone is 1. The highest BCUT2D eigenvalue weighted by atomic mass is 32.2. The highest BCUT2D eigenvalue weighted by molar-refractivity contribution is 8.00. The zero-order valence-electron chi connectivity index (χ0n) is 18.7. The lowest BCUT2D eigenvalue weighted by Crippen LogP contribution is -2.21. The van der Waals surface area contributed by atoms with Gasteiger partial charge < -0.3 is 15.3 Å². The largest absolute Gasteiger partial charge is 0.507 e. The van der Waals surface area contributed by atoms with Gasteiger partial charge in [-0.2, -0.15) is 0 Å². The molecule has 32 heavy (non-hydrogen) atoms. The first kappa shape index (κ1) is 25.7. The number of carboxylic acid groups (broad SMARTS) is 1. The minimum atomic E-state index is -0.879. The summed E-state index contributed by atoms with van der Waals surface area (Å²) in [6.07, 6.45) is 6.12. The molecule has 0 unspecified atom stereocenters. The molecular weight excluding hydrogens is 424 g/mol. The molecule has 0 fully saturated rings. The van der Waals surface area contributed by atoms with E-state index >= 15 is 0 Å². The predicted molar refractivity (Wildman–Crippen MR) is 129 cm³/mol. The lowest BCUT2D eigenvalue weighted by Gasteiger charge is -2.22. The SMILES string of the molecule is CCCc1c(S[C@@H](/C=C\Cc2ccccc2)[C@H](O)CCCC(=O)O)ccc(C(C)=O)c1O. The number of carbonyl (C=O) groups excluding carboxylic acids is 1. The Morgan fingerprint density at radius 2 is 1.84 bits per heavy atom. The number of carboxylic acids is 1. The molecule has 6 heteroatoms. The summed E-state index contributed by atoms with van der Waals surface area (Å²) in [5.74, 6) is -1.06. The number of Topliss-reactive ketones (excluding diaryl/α,β-unsaturated/α-hetero) is 1. The summed E-state index contributed by atoms with van der Waals surface area (Å²) in [5.41, 5.74) is 2.17. The van der Waals surface area contributed by atoms with Crippen molar-refractivity contribution < 1.29 is 24.9 Å². The molecule has 0 saturated carbocycles. The molecule has 0 aliphatic heterocycles. The molecular formula is C26H32O5S. The van der Waals surface area contributed by atoms with Crippen LogP contribution in [0.5, 0.6) is 5.75 Å². The first-order valence-corrected chi connectivity index (χ1v) is 11.8. The maximum Gasteiger partial charge on any atom is 0.303 e. The van der Waals surface area contributed by atoms with Gasteiger partial charge in [-0.25, -0.2) is 0 Å². The third kappa shape index (κ3) is 7.84. The summed E-state index contributed by atoms with van der Waals surface area (Å²) in [6, 6.07) is 13.4.